The summed E-state index contributed by atoms with van der Waals surface area (Å²) in [5.74, 6) is -0.214. The van der Waals surface area contributed by atoms with Gasteiger partial charge in [0.2, 0.25) is 0 Å². The van der Waals surface area contributed by atoms with E-state index in [2.05, 4.69) is 0 Å². The molecule has 0 radical (unpaired) electrons. The zero-order valence-corrected chi connectivity index (χ0v) is 10.8. The molecular formula is C9H18O3Si. The maximum Gasteiger partial charge on any atom is 0.333 e. The molecule has 0 aromatic rings. The zero-order chi connectivity index (χ0) is 10.3. The number of allylic oxidation sites excluding steroid dienone is 1. The van der Waals surface area contributed by atoms with Gasteiger partial charge in [-0.1, -0.05) is 5.57 Å². The van der Waals surface area contributed by atoms with Crippen molar-refractivity contribution in [2.24, 2.45) is 0 Å². The van der Waals surface area contributed by atoms with Gasteiger partial charge in [-0.25, -0.2) is 4.79 Å². The van der Waals surface area contributed by atoms with Crippen molar-refractivity contribution in [2.45, 2.75) is 27.2 Å². The van der Waals surface area contributed by atoms with Crippen LogP contribution < -0.4 is 0 Å². The second-order valence-electron chi connectivity index (χ2n) is 3.11. The van der Waals surface area contributed by atoms with Gasteiger partial charge in [0.25, 0.3) is 0 Å². The minimum Gasteiger partial charge on any atom is -0.462 e. The van der Waals surface area contributed by atoms with Crippen molar-refractivity contribution in [2.75, 3.05) is 13.2 Å². The Morgan fingerprint density at radius 1 is 1.23 bits per heavy atom. The number of rotatable bonds is 5. The summed E-state index contributed by atoms with van der Waals surface area (Å²) in [6, 6.07) is 0. The van der Waals surface area contributed by atoms with Crippen LogP contribution in [0, 0.1) is 0 Å². The van der Waals surface area contributed by atoms with Crippen LogP contribution in [-0.4, -0.2) is 29.7 Å². The molecule has 0 aromatic carbocycles. The van der Waals surface area contributed by atoms with Crippen LogP contribution in [0.5, 0.6) is 0 Å². The minimum atomic E-state index is -0.214. The van der Waals surface area contributed by atoms with Crippen LogP contribution in [0.1, 0.15) is 27.2 Å². The molecule has 76 valence electrons. The minimum absolute atomic E-state index is 0.214. The summed E-state index contributed by atoms with van der Waals surface area (Å²) in [6.07, 6.45) is 0.783. The van der Waals surface area contributed by atoms with E-state index in [4.69, 9.17) is 9.16 Å². The first-order chi connectivity index (χ1) is 6.09. The number of carbonyl (C=O) groups is 1. The lowest BCUT2D eigenvalue weighted by Crippen LogP contribution is -2.09. The summed E-state index contributed by atoms with van der Waals surface area (Å²) < 4.78 is 9.97. The number of hydrogen-bond acceptors (Lipinski definition) is 3. The molecule has 0 bridgehead atoms. The number of carbonyl (C=O) groups excluding carboxylic acids is 1. The molecular weight excluding hydrogens is 184 g/mol. The Kier molecular flexibility index (Phi) is 6.53. The highest BCUT2D eigenvalue weighted by Crippen LogP contribution is 2.04. The smallest absolute Gasteiger partial charge is 0.333 e. The molecule has 4 heteroatoms. The molecule has 0 spiro atoms. The third kappa shape index (κ3) is 5.60. The van der Waals surface area contributed by atoms with Crippen LogP contribution in [0.2, 0.25) is 0 Å². The third-order valence-electron chi connectivity index (χ3n) is 1.78. The maximum absolute atomic E-state index is 11.2. The topological polar surface area (TPSA) is 35.5 Å². The van der Waals surface area contributed by atoms with E-state index in [1.807, 2.05) is 13.8 Å². The molecule has 0 aliphatic rings. The van der Waals surface area contributed by atoms with Crippen molar-refractivity contribution < 1.29 is 14.0 Å². The largest absolute Gasteiger partial charge is 0.462 e. The van der Waals surface area contributed by atoms with Gasteiger partial charge in [0.05, 0.1) is 6.61 Å². The highest BCUT2D eigenvalue weighted by atomic mass is 28.2. The Balaban J connectivity index is 3.70. The maximum atomic E-state index is 11.2. The van der Waals surface area contributed by atoms with E-state index in [1.165, 1.54) is 0 Å². The van der Waals surface area contributed by atoms with E-state index in [-0.39, 0.29) is 5.97 Å². The van der Waals surface area contributed by atoms with Crippen molar-refractivity contribution in [3.63, 3.8) is 0 Å². The average Bonchev–Trinajstić information content (AvgIpc) is 2.10. The van der Waals surface area contributed by atoms with Gasteiger partial charge in [-0.05, 0) is 20.8 Å². The third-order valence-corrected chi connectivity index (χ3v) is 2.19. The SMILES string of the molecule is CC(C)=C(C)C(=O)OCCCO[SiH3]. The number of esters is 1. The fourth-order valence-electron chi connectivity index (χ4n) is 0.681. The average molecular weight is 202 g/mol. The molecule has 3 nitrogen and oxygen atoms in total. The molecule has 13 heavy (non-hydrogen) atoms. The molecule has 0 aliphatic heterocycles. The van der Waals surface area contributed by atoms with Crippen LogP contribution in [0.25, 0.3) is 0 Å². The standard InChI is InChI=1S/C9H18O3Si/c1-7(2)8(3)9(10)11-5-4-6-12-13/h4-6H2,1-3,13H3. The second-order valence-corrected chi connectivity index (χ2v) is 3.68. The molecule has 0 rings (SSSR count). The summed E-state index contributed by atoms with van der Waals surface area (Å²) in [6.45, 7) is 6.72. The highest BCUT2D eigenvalue weighted by molar-refractivity contribution is 5.97. The first kappa shape index (κ1) is 12.4. The molecule has 0 heterocycles. The fourth-order valence-corrected chi connectivity index (χ4v) is 0.969. The zero-order valence-electron chi connectivity index (χ0n) is 8.85. The summed E-state index contributed by atoms with van der Waals surface area (Å²) in [5, 5.41) is 0. The molecule has 0 N–H and O–H groups in total. The van der Waals surface area contributed by atoms with Crippen molar-refractivity contribution in [1.29, 1.82) is 0 Å². The second kappa shape index (κ2) is 6.86. The summed E-state index contributed by atoms with van der Waals surface area (Å²) in [5.41, 5.74) is 1.70. The first-order valence-corrected chi connectivity index (χ1v) is 5.21. The van der Waals surface area contributed by atoms with Gasteiger partial charge in [-0.15, -0.1) is 0 Å². The molecule has 0 saturated heterocycles. The fraction of sp³-hybridized carbons (Fsp3) is 0.667. The van der Waals surface area contributed by atoms with Gasteiger partial charge in [-0.2, -0.15) is 0 Å². The lowest BCUT2D eigenvalue weighted by molar-refractivity contribution is -0.139. The van der Waals surface area contributed by atoms with E-state index in [1.54, 1.807) is 6.92 Å². The van der Waals surface area contributed by atoms with Gasteiger partial charge < -0.3 is 9.16 Å². The molecule has 0 saturated carbocycles. The van der Waals surface area contributed by atoms with Crippen molar-refractivity contribution >= 4 is 16.5 Å². The van der Waals surface area contributed by atoms with Gasteiger partial charge in [0.15, 0.2) is 0 Å². The van der Waals surface area contributed by atoms with Crippen molar-refractivity contribution in [1.82, 2.24) is 0 Å². The molecule has 0 amide bonds. The van der Waals surface area contributed by atoms with Gasteiger partial charge in [0, 0.05) is 18.6 Å². The van der Waals surface area contributed by atoms with Crippen LogP contribution in [0.3, 0.4) is 0 Å². The Morgan fingerprint density at radius 2 is 1.85 bits per heavy atom. The molecule has 0 fully saturated rings. The first-order valence-electron chi connectivity index (χ1n) is 4.39. The monoisotopic (exact) mass is 202 g/mol. The van der Waals surface area contributed by atoms with E-state index >= 15 is 0 Å². The van der Waals surface area contributed by atoms with E-state index < -0.39 is 0 Å². The van der Waals surface area contributed by atoms with E-state index in [9.17, 15) is 4.79 Å². The number of hydrogen-bond donors (Lipinski definition) is 0. The Labute approximate surface area is 82.7 Å². The van der Waals surface area contributed by atoms with Gasteiger partial charge in [-0.3, -0.25) is 0 Å². The lowest BCUT2D eigenvalue weighted by Gasteiger charge is -2.05. The van der Waals surface area contributed by atoms with Crippen LogP contribution in [0.15, 0.2) is 11.1 Å². The predicted octanol–water partition coefficient (Wildman–Crippen LogP) is 0.573. The summed E-state index contributed by atoms with van der Waals surface area (Å²) >= 11 is 0. The Bertz CT molecular complexity index is 195. The highest BCUT2D eigenvalue weighted by Gasteiger charge is 2.05. The van der Waals surface area contributed by atoms with Crippen LogP contribution >= 0.6 is 0 Å². The quantitative estimate of drug-likeness (QED) is 0.283. The van der Waals surface area contributed by atoms with E-state index in [0.717, 1.165) is 22.5 Å². The normalized spacial score (nSPS) is 9.77. The molecule has 0 aromatic heterocycles. The lowest BCUT2D eigenvalue weighted by atomic mass is 10.2. The molecule has 0 unspecified atom stereocenters. The van der Waals surface area contributed by atoms with Crippen LogP contribution in [0.4, 0.5) is 0 Å². The van der Waals surface area contributed by atoms with Crippen LogP contribution in [-0.2, 0) is 14.0 Å². The predicted molar refractivity (Wildman–Crippen MR) is 55.5 cm³/mol. The molecule has 0 atom stereocenters. The van der Waals surface area contributed by atoms with Crippen molar-refractivity contribution in [3.8, 4) is 0 Å². The van der Waals surface area contributed by atoms with Crippen molar-refractivity contribution in [3.05, 3.63) is 11.1 Å². The van der Waals surface area contributed by atoms with Gasteiger partial charge >= 0.3 is 5.97 Å². The van der Waals surface area contributed by atoms with E-state index in [0.29, 0.717) is 18.8 Å². The molecule has 0 aliphatic carbocycles. The Morgan fingerprint density at radius 3 is 2.31 bits per heavy atom. The summed E-state index contributed by atoms with van der Waals surface area (Å²) in [7, 11) is 0.746. The summed E-state index contributed by atoms with van der Waals surface area (Å²) in [4.78, 5) is 11.2. The van der Waals surface area contributed by atoms with Gasteiger partial charge in [0.1, 0.15) is 10.5 Å². The number of ether oxygens (including phenoxy) is 1. The Hall–Kier alpha value is -0.613.